The Hall–Kier alpha value is -2.95. The number of aryl methyl sites for hydroxylation is 1. The Morgan fingerprint density at radius 3 is 2.43 bits per heavy atom. The lowest BCUT2D eigenvalue weighted by molar-refractivity contribution is -0.116. The van der Waals surface area contributed by atoms with Gasteiger partial charge in [-0.05, 0) is 63.1 Å². The molecule has 2 aromatic carbocycles. The molecule has 0 unspecified atom stereocenters. The third-order valence-electron chi connectivity index (χ3n) is 5.42. The zero-order chi connectivity index (χ0) is 25.6. The first-order valence-corrected chi connectivity index (χ1v) is 12.9. The number of rotatable bonds is 8. The number of benzene rings is 2. The van der Waals surface area contributed by atoms with Crippen LogP contribution in [0.2, 0.25) is 0 Å². The number of morpholine rings is 1. The van der Waals surface area contributed by atoms with Gasteiger partial charge in [0.1, 0.15) is 5.75 Å². The van der Waals surface area contributed by atoms with E-state index in [0.29, 0.717) is 48.9 Å². The maximum absolute atomic E-state index is 13.0. The zero-order valence-corrected chi connectivity index (χ0v) is 21.4. The summed E-state index contributed by atoms with van der Waals surface area (Å²) >= 11 is 0. The number of ether oxygens (including phenoxy) is 2. The minimum atomic E-state index is -3.67. The molecule has 1 aliphatic rings. The van der Waals surface area contributed by atoms with Crippen LogP contribution < -0.4 is 15.4 Å². The van der Waals surface area contributed by atoms with Crippen molar-refractivity contribution in [2.24, 2.45) is 0 Å². The number of nitrogens with one attached hydrogen (secondary N) is 2. The van der Waals surface area contributed by atoms with E-state index in [1.807, 2.05) is 20.8 Å². The summed E-state index contributed by atoms with van der Waals surface area (Å²) in [6.45, 7) is 6.96. The number of amides is 2. The molecule has 1 aliphatic heterocycles. The van der Waals surface area contributed by atoms with Crippen LogP contribution in [0.15, 0.2) is 47.4 Å². The predicted octanol–water partition coefficient (Wildman–Crippen LogP) is 2.82. The standard InChI is InChI=1S/C25H33N3O6S/c1-25(2,3)27-24(30)20-7-5-6-8-21(20)26-23(29)12-9-18-17-19(10-11-22(18)33-4)35(31,32)28-13-15-34-16-14-28/h5-8,10-11,17H,9,12-16H2,1-4H3,(H,26,29)(H,27,30). The Balaban J connectivity index is 1.73. The van der Waals surface area contributed by atoms with E-state index in [2.05, 4.69) is 10.6 Å². The van der Waals surface area contributed by atoms with Crippen LogP contribution in [0, 0.1) is 0 Å². The fraction of sp³-hybridized carbons (Fsp3) is 0.440. The van der Waals surface area contributed by atoms with Gasteiger partial charge in [-0.2, -0.15) is 4.31 Å². The number of carbonyl (C=O) groups excluding carboxylic acids is 2. The van der Waals surface area contributed by atoms with Gasteiger partial charge in [-0.1, -0.05) is 12.1 Å². The first-order valence-electron chi connectivity index (χ1n) is 11.5. The molecule has 9 nitrogen and oxygen atoms in total. The second-order valence-electron chi connectivity index (χ2n) is 9.29. The maximum Gasteiger partial charge on any atom is 0.253 e. The van der Waals surface area contributed by atoms with Gasteiger partial charge in [0.25, 0.3) is 5.91 Å². The summed E-state index contributed by atoms with van der Waals surface area (Å²) < 4.78 is 38.1. The molecule has 2 N–H and O–H groups in total. The van der Waals surface area contributed by atoms with Gasteiger partial charge in [0.2, 0.25) is 15.9 Å². The van der Waals surface area contributed by atoms with Crippen molar-refractivity contribution in [2.75, 3.05) is 38.7 Å². The van der Waals surface area contributed by atoms with Crippen molar-refractivity contribution in [2.45, 2.75) is 44.0 Å². The van der Waals surface area contributed by atoms with Crippen LogP contribution in [0.25, 0.3) is 0 Å². The molecule has 2 aromatic rings. The van der Waals surface area contributed by atoms with Crippen LogP contribution in [0.1, 0.15) is 43.1 Å². The number of nitrogens with zero attached hydrogens (tertiary/aromatic N) is 1. The number of hydrogen-bond donors (Lipinski definition) is 2. The van der Waals surface area contributed by atoms with Crippen LogP contribution in [-0.2, 0) is 26.0 Å². The maximum atomic E-state index is 13.0. The molecule has 190 valence electrons. The summed E-state index contributed by atoms with van der Waals surface area (Å²) in [6, 6.07) is 11.5. The molecule has 35 heavy (non-hydrogen) atoms. The van der Waals surface area contributed by atoms with E-state index in [1.54, 1.807) is 36.4 Å². The summed E-state index contributed by atoms with van der Waals surface area (Å²) in [4.78, 5) is 25.5. The van der Waals surface area contributed by atoms with Crippen molar-refractivity contribution in [1.29, 1.82) is 0 Å². The summed E-state index contributed by atoms with van der Waals surface area (Å²) in [7, 11) is -2.17. The summed E-state index contributed by atoms with van der Waals surface area (Å²) in [5.74, 6) is -0.0794. The zero-order valence-electron chi connectivity index (χ0n) is 20.6. The van der Waals surface area contributed by atoms with E-state index in [4.69, 9.17) is 9.47 Å². The fourth-order valence-electron chi connectivity index (χ4n) is 3.71. The third kappa shape index (κ3) is 7.03. The molecule has 0 aliphatic carbocycles. The molecule has 10 heteroatoms. The van der Waals surface area contributed by atoms with Gasteiger partial charge in [0, 0.05) is 25.0 Å². The molecule has 2 amide bonds. The summed E-state index contributed by atoms with van der Waals surface area (Å²) in [5.41, 5.74) is 0.967. The molecule has 0 radical (unpaired) electrons. The first kappa shape index (κ1) is 26.7. The average molecular weight is 504 g/mol. The van der Waals surface area contributed by atoms with E-state index in [9.17, 15) is 18.0 Å². The van der Waals surface area contributed by atoms with E-state index in [-0.39, 0.29) is 29.6 Å². The lowest BCUT2D eigenvalue weighted by Crippen LogP contribution is -2.40. The molecule has 0 saturated carbocycles. The van der Waals surface area contributed by atoms with E-state index in [0.717, 1.165) is 0 Å². The van der Waals surface area contributed by atoms with Crippen molar-refractivity contribution in [1.82, 2.24) is 9.62 Å². The van der Waals surface area contributed by atoms with Crippen LogP contribution in [0.4, 0.5) is 5.69 Å². The van der Waals surface area contributed by atoms with Gasteiger partial charge in [0.15, 0.2) is 0 Å². The number of para-hydroxylation sites is 1. The first-order chi connectivity index (χ1) is 16.5. The second kappa shape index (κ2) is 11.2. The lowest BCUT2D eigenvalue weighted by Gasteiger charge is -2.26. The normalized spacial score (nSPS) is 14.9. The smallest absolute Gasteiger partial charge is 0.253 e. The van der Waals surface area contributed by atoms with Crippen molar-refractivity contribution >= 4 is 27.5 Å². The highest BCUT2D eigenvalue weighted by atomic mass is 32.2. The summed E-state index contributed by atoms with van der Waals surface area (Å²) in [6.07, 6.45) is 0.338. The Bertz CT molecular complexity index is 1170. The van der Waals surface area contributed by atoms with Gasteiger partial charge in [-0.3, -0.25) is 9.59 Å². The average Bonchev–Trinajstić information content (AvgIpc) is 2.82. The highest BCUT2D eigenvalue weighted by Gasteiger charge is 2.27. The van der Waals surface area contributed by atoms with Crippen molar-refractivity contribution in [3.8, 4) is 5.75 Å². The quantitative estimate of drug-likeness (QED) is 0.573. The van der Waals surface area contributed by atoms with Gasteiger partial charge in [-0.15, -0.1) is 0 Å². The lowest BCUT2D eigenvalue weighted by atomic mass is 10.1. The molecule has 0 spiro atoms. The van der Waals surface area contributed by atoms with Crippen LogP contribution in [-0.4, -0.2) is 63.5 Å². The van der Waals surface area contributed by atoms with Crippen molar-refractivity contribution in [3.05, 3.63) is 53.6 Å². The molecule has 1 fully saturated rings. The molecule has 0 bridgehead atoms. The number of hydrogen-bond acceptors (Lipinski definition) is 6. The highest BCUT2D eigenvalue weighted by Crippen LogP contribution is 2.26. The van der Waals surface area contributed by atoms with E-state index in [1.165, 1.54) is 17.5 Å². The van der Waals surface area contributed by atoms with Gasteiger partial charge >= 0.3 is 0 Å². The minimum Gasteiger partial charge on any atom is -0.496 e. The van der Waals surface area contributed by atoms with Crippen molar-refractivity contribution in [3.63, 3.8) is 0 Å². The number of anilines is 1. The van der Waals surface area contributed by atoms with Gasteiger partial charge in [0.05, 0.1) is 36.5 Å². The topological polar surface area (TPSA) is 114 Å². The number of methoxy groups -OCH3 is 1. The third-order valence-corrected chi connectivity index (χ3v) is 7.31. The van der Waals surface area contributed by atoms with Gasteiger partial charge in [-0.25, -0.2) is 8.42 Å². The second-order valence-corrected chi connectivity index (χ2v) is 11.2. The predicted molar refractivity (Wildman–Crippen MR) is 133 cm³/mol. The largest absolute Gasteiger partial charge is 0.496 e. The fourth-order valence-corrected chi connectivity index (χ4v) is 5.16. The molecule has 0 atom stereocenters. The van der Waals surface area contributed by atoms with Crippen LogP contribution in [0.5, 0.6) is 5.75 Å². The minimum absolute atomic E-state index is 0.0760. The highest BCUT2D eigenvalue weighted by molar-refractivity contribution is 7.89. The SMILES string of the molecule is COc1ccc(S(=O)(=O)N2CCOCC2)cc1CCC(=O)Nc1ccccc1C(=O)NC(C)(C)C. The van der Waals surface area contributed by atoms with E-state index < -0.39 is 15.6 Å². The van der Waals surface area contributed by atoms with Crippen LogP contribution in [0.3, 0.4) is 0 Å². The Morgan fingerprint density at radius 1 is 1.09 bits per heavy atom. The molecular formula is C25H33N3O6S. The van der Waals surface area contributed by atoms with Gasteiger partial charge < -0.3 is 20.1 Å². The molecule has 1 heterocycles. The molecule has 3 rings (SSSR count). The molecule has 1 saturated heterocycles. The number of carbonyl (C=O) groups is 2. The van der Waals surface area contributed by atoms with Crippen molar-refractivity contribution < 1.29 is 27.5 Å². The van der Waals surface area contributed by atoms with E-state index >= 15 is 0 Å². The summed E-state index contributed by atoms with van der Waals surface area (Å²) in [5, 5.41) is 5.69. The Morgan fingerprint density at radius 2 is 1.77 bits per heavy atom. The Labute approximate surface area is 206 Å². The Kier molecular flexibility index (Phi) is 8.52. The van der Waals surface area contributed by atoms with Crippen LogP contribution >= 0.6 is 0 Å². The molecule has 0 aromatic heterocycles. The number of sulfonamides is 1. The monoisotopic (exact) mass is 503 g/mol. The molecular weight excluding hydrogens is 470 g/mol.